The molecule has 2 aromatic carbocycles. The summed E-state index contributed by atoms with van der Waals surface area (Å²) >= 11 is 12.4. The lowest BCUT2D eigenvalue weighted by atomic mass is 10.1. The first-order chi connectivity index (χ1) is 14.7. The fourth-order valence-electron chi connectivity index (χ4n) is 3.63. The van der Waals surface area contributed by atoms with Gasteiger partial charge in [-0.2, -0.15) is 0 Å². The number of halogens is 2. The topological polar surface area (TPSA) is 59.5 Å². The third-order valence-corrected chi connectivity index (χ3v) is 6.06. The summed E-state index contributed by atoms with van der Waals surface area (Å²) in [6, 6.07) is 9.18. The van der Waals surface area contributed by atoms with Crippen LogP contribution in [0.5, 0.6) is 11.5 Å². The predicted molar refractivity (Wildman–Crippen MR) is 122 cm³/mol. The number of hydrogen-bond acceptors (Lipinski definition) is 6. The lowest BCUT2D eigenvalue weighted by Gasteiger charge is -2.26. The molecule has 8 heteroatoms. The van der Waals surface area contributed by atoms with E-state index in [4.69, 9.17) is 32.7 Å². The van der Waals surface area contributed by atoms with Gasteiger partial charge in [0, 0.05) is 18.0 Å². The number of rotatable bonds is 7. The summed E-state index contributed by atoms with van der Waals surface area (Å²) in [4.78, 5) is 11.2. The van der Waals surface area contributed by atoms with Crippen molar-refractivity contribution in [1.29, 1.82) is 0 Å². The molecule has 0 radical (unpaired) electrons. The van der Waals surface area contributed by atoms with E-state index >= 15 is 0 Å². The van der Waals surface area contributed by atoms with E-state index in [9.17, 15) is 0 Å². The molecule has 0 saturated carbocycles. The number of nitrogens with zero attached hydrogens (tertiary/aromatic N) is 3. The number of benzene rings is 2. The summed E-state index contributed by atoms with van der Waals surface area (Å²) in [5, 5.41) is 4.96. The molecule has 4 rings (SSSR count). The van der Waals surface area contributed by atoms with Crippen molar-refractivity contribution in [2.75, 3.05) is 38.7 Å². The normalized spacial score (nSPS) is 14.6. The standard InChI is InChI=1S/C22H24Cl2N4O2/c1-29-19-12-15-18(13-20(19)30-11-10-28-8-3-2-4-9-28)25-14-26-22(15)27-17-7-5-6-16(23)21(17)24/h5-7,12-14H,2-4,8-11H2,1H3,(H,25,26,27). The zero-order valence-electron chi connectivity index (χ0n) is 16.8. The fraction of sp³-hybridized carbons (Fsp3) is 0.364. The zero-order chi connectivity index (χ0) is 20.9. The van der Waals surface area contributed by atoms with Crippen LogP contribution in [0.25, 0.3) is 10.9 Å². The summed E-state index contributed by atoms with van der Waals surface area (Å²) in [7, 11) is 1.63. The maximum Gasteiger partial charge on any atom is 0.163 e. The molecule has 0 unspecified atom stereocenters. The van der Waals surface area contributed by atoms with Gasteiger partial charge < -0.3 is 14.8 Å². The molecule has 3 aromatic rings. The van der Waals surface area contributed by atoms with Gasteiger partial charge in [-0.25, -0.2) is 9.97 Å². The SMILES string of the molecule is COc1cc2c(Nc3cccc(Cl)c3Cl)ncnc2cc1OCCN1CCCCC1. The molecule has 158 valence electrons. The average Bonchev–Trinajstić information content (AvgIpc) is 2.77. The van der Waals surface area contributed by atoms with E-state index in [0.717, 1.165) is 30.5 Å². The second-order valence-electron chi connectivity index (χ2n) is 7.22. The maximum absolute atomic E-state index is 6.31. The Morgan fingerprint density at radius 1 is 1.07 bits per heavy atom. The van der Waals surface area contributed by atoms with E-state index in [1.165, 1.54) is 25.6 Å². The van der Waals surface area contributed by atoms with Crippen molar-refractivity contribution >= 4 is 45.6 Å². The Balaban J connectivity index is 1.56. The first-order valence-corrected chi connectivity index (χ1v) is 10.8. The molecule has 1 fully saturated rings. The van der Waals surface area contributed by atoms with Crippen molar-refractivity contribution in [1.82, 2.24) is 14.9 Å². The van der Waals surface area contributed by atoms with Crippen molar-refractivity contribution in [3.63, 3.8) is 0 Å². The van der Waals surface area contributed by atoms with Crippen LogP contribution >= 0.6 is 23.2 Å². The Hall–Kier alpha value is -2.28. The van der Waals surface area contributed by atoms with Gasteiger partial charge in [-0.15, -0.1) is 0 Å². The highest BCUT2D eigenvalue weighted by Crippen LogP contribution is 2.36. The Morgan fingerprint density at radius 3 is 2.70 bits per heavy atom. The molecule has 0 amide bonds. The van der Waals surface area contributed by atoms with Gasteiger partial charge in [-0.3, -0.25) is 4.90 Å². The van der Waals surface area contributed by atoms with E-state index < -0.39 is 0 Å². The summed E-state index contributed by atoms with van der Waals surface area (Å²) in [6.07, 6.45) is 5.37. The fourth-order valence-corrected chi connectivity index (χ4v) is 3.98. The highest BCUT2D eigenvalue weighted by atomic mass is 35.5. The highest BCUT2D eigenvalue weighted by molar-refractivity contribution is 6.43. The Labute approximate surface area is 186 Å². The van der Waals surface area contributed by atoms with Gasteiger partial charge in [0.05, 0.1) is 28.4 Å². The van der Waals surface area contributed by atoms with Crippen LogP contribution in [0.15, 0.2) is 36.7 Å². The molecule has 1 N–H and O–H groups in total. The lowest BCUT2D eigenvalue weighted by molar-refractivity contribution is 0.181. The van der Waals surface area contributed by atoms with Gasteiger partial charge in [0.1, 0.15) is 18.8 Å². The minimum atomic E-state index is 0.440. The van der Waals surface area contributed by atoms with Crippen molar-refractivity contribution in [3.8, 4) is 11.5 Å². The molecular weight excluding hydrogens is 423 g/mol. The van der Waals surface area contributed by atoms with Gasteiger partial charge in [-0.05, 0) is 44.1 Å². The van der Waals surface area contributed by atoms with Crippen LogP contribution in [0.2, 0.25) is 10.0 Å². The van der Waals surface area contributed by atoms with Gasteiger partial charge >= 0.3 is 0 Å². The van der Waals surface area contributed by atoms with Gasteiger partial charge in [-0.1, -0.05) is 35.7 Å². The molecule has 1 aliphatic heterocycles. The van der Waals surface area contributed by atoms with Crippen molar-refractivity contribution in [3.05, 3.63) is 46.7 Å². The number of nitrogens with one attached hydrogen (secondary N) is 1. The summed E-state index contributed by atoms with van der Waals surface area (Å²) in [6.45, 7) is 3.81. The average molecular weight is 447 g/mol. The number of anilines is 2. The van der Waals surface area contributed by atoms with Crippen LogP contribution in [0.1, 0.15) is 19.3 Å². The van der Waals surface area contributed by atoms with E-state index in [2.05, 4.69) is 20.2 Å². The number of methoxy groups -OCH3 is 1. The molecule has 0 spiro atoms. The molecule has 1 aliphatic rings. The highest BCUT2D eigenvalue weighted by Gasteiger charge is 2.14. The minimum absolute atomic E-state index is 0.440. The quantitative estimate of drug-likeness (QED) is 0.512. The van der Waals surface area contributed by atoms with Crippen LogP contribution in [-0.4, -0.2) is 48.2 Å². The van der Waals surface area contributed by atoms with E-state index in [1.54, 1.807) is 13.2 Å². The van der Waals surface area contributed by atoms with Gasteiger partial charge in [0.25, 0.3) is 0 Å². The molecule has 6 nitrogen and oxygen atoms in total. The third kappa shape index (κ3) is 4.72. The molecule has 1 saturated heterocycles. The number of likely N-dealkylation sites (tertiary alicyclic amines) is 1. The number of hydrogen-bond donors (Lipinski definition) is 1. The minimum Gasteiger partial charge on any atom is -0.493 e. The third-order valence-electron chi connectivity index (χ3n) is 5.24. The smallest absolute Gasteiger partial charge is 0.163 e. The van der Waals surface area contributed by atoms with Crippen LogP contribution in [-0.2, 0) is 0 Å². The van der Waals surface area contributed by atoms with Crippen molar-refractivity contribution < 1.29 is 9.47 Å². The molecule has 30 heavy (non-hydrogen) atoms. The lowest BCUT2D eigenvalue weighted by Crippen LogP contribution is -2.33. The summed E-state index contributed by atoms with van der Waals surface area (Å²) in [5.74, 6) is 1.92. The van der Waals surface area contributed by atoms with Gasteiger partial charge in [0.15, 0.2) is 11.5 Å². The van der Waals surface area contributed by atoms with Crippen LogP contribution in [0.3, 0.4) is 0 Å². The summed E-state index contributed by atoms with van der Waals surface area (Å²) in [5.41, 5.74) is 1.42. The number of piperidine rings is 1. The molecule has 0 atom stereocenters. The van der Waals surface area contributed by atoms with Crippen LogP contribution in [0, 0.1) is 0 Å². The maximum atomic E-state index is 6.31. The molecule has 1 aromatic heterocycles. The molecule has 0 bridgehead atoms. The predicted octanol–water partition coefficient (Wildman–Crippen LogP) is 5.55. The van der Waals surface area contributed by atoms with Crippen molar-refractivity contribution in [2.45, 2.75) is 19.3 Å². The van der Waals surface area contributed by atoms with Gasteiger partial charge in [0.2, 0.25) is 0 Å². The summed E-state index contributed by atoms with van der Waals surface area (Å²) < 4.78 is 11.6. The Kier molecular flexibility index (Phi) is 6.77. The Morgan fingerprint density at radius 2 is 1.90 bits per heavy atom. The van der Waals surface area contributed by atoms with E-state index in [1.807, 2.05) is 24.3 Å². The van der Waals surface area contributed by atoms with E-state index in [0.29, 0.717) is 39.7 Å². The number of ether oxygens (including phenoxy) is 2. The van der Waals surface area contributed by atoms with Crippen molar-refractivity contribution in [2.24, 2.45) is 0 Å². The molecule has 0 aliphatic carbocycles. The molecule has 2 heterocycles. The monoisotopic (exact) mass is 446 g/mol. The first-order valence-electron chi connectivity index (χ1n) is 10.0. The van der Waals surface area contributed by atoms with Crippen LogP contribution < -0.4 is 14.8 Å². The largest absolute Gasteiger partial charge is 0.493 e. The molecular formula is C22H24Cl2N4O2. The first kappa shape index (κ1) is 21.0. The van der Waals surface area contributed by atoms with E-state index in [-0.39, 0.29) is 0 Å². The van der Waals surface area contributed by atoms with Crippen LogP contribution in [0.4, 0.5) is 11.5 Å². The number of aromatic nitrogens is 2. The number of fused-ring (bicyclic) bond motifs is 1. The second-order valence-corrected chi connectivity index (χ2v) is 8.00. The Bertz CT molecular complexity index is 1030. The second kappa shape index (κ2) is 9.69. The zero-order valence-corrected chi connectivity index (χ0v) is 18.3.